The van der Waals surface area contributed by atoms with Gasteiger partial charge in [0.05, 0.1) is 8.07 Å². The summed E-state index contributed by atoms with van der Waals surface area (Å²) in [6.45, 7) is 11.9. The molecule has 0 bridgehead atoms. The number of nitrogens with zero attached hydrogens (tertiary/aromatic N) is 3. The zero-order valence-corrected chi connectivity index (χ0v) is 35.2. The molecule has 0 spiro atoms. The predicted octanol–water partition coefficient (Wildman–Crippen LogP) is 13.9. The van der Waals surface area contributed by atoms with Gasteiger partial charge in [0.2, 0.25) is 0 Å². The van der Waals surface area contributed by atoms with Crippen LogP contribution in [-0.2, 0) is 5.41 Å². The first kappa shape index (κ1) is 36.6. The summed E-state index contributed by atoms with van der Waals surface area (Å²) in [4.78, 5) is 15.8. The molecule has 0 saturated heterocycles. The molecule has 0 saturated carbocycles. The lowest BCUT2D eigenvalue weighted by molar-refractivity contribution is 0.660. The number of benzene rings is 8. The third kappa shape index (κ3) is 6.60. The van der Waals surface area contributed by atoms with Crippen molar-refractivity contribution in [3.63, 3.8) is 0 Å². The van der Waals surface area contributed by atoms with Crippen LogP contribution in [0.25, 0.3) is 89.4 Å². The molecule has 8 aromatic carbocycles. The van der Waals surface area contributed by atoms with E-state index in [2.05, 4.69) is 215 Å². The molecule has 284 valence electrons. The van der Waals surface area contributed by atoms with Gasteiger partial charge in [-0.15, -0.1) is 0 Å². The van der Waals surface area contributed by atoms with Gasteiger partial charge in [-0.3, -0.25) is 0 Å². The first-order chi connectivity index (χ1) is 28.6. The summed E-state index contributed by atoms with van der Waals surface area (Å²) in [7, 11) is -1.64. The van der Waals surface area contributed by atoms with E-state index >= 15 is 0 Å². The van der Waals surface area contributed by atoms with E-state index in [1.165, 1.54) is 49.5 Å². The maximum atomic E-state index is 5.30. The zero-order chi connectivity index (χ0) is 40.3. The fourth-order valence-corrected chi connectivity index (χ4v) is 10.6. The Kier molecular flexibility index (Phi) is 8.84. The lowest BCUT2D eigenvalue weighted by Gasteiger charge is -2.21. The van der Waals surface area contributed by atoms with Crippen LogP contribution in [0.15, 0.2) is 182 Å². The van der Waals surface area contributed by atoms with Crippen LogP contribution in [0, 0.1) is 0 Å². The minimum absolute atomic E-state index is 0.0383. The van der Waals surface area contributed by atoms with Gasteiger partial charge in [-0.25, -0.2) is 15.0 Å². The number of rotatable bonds is 7. The number of fused-ring (bicyclic) bond motifs is 4. The molecule has 3 nitrogen and oxygen atoms in total. The van der Waals surface area contributed by atoms with Crippen molar-refractivity contribution in [2.45, 2.75) is 38.9 Å². The summed E-state index contributed by atoms with van der Waals surface area (Å²) < 4.78 is 0. The van der Waals surface area contributed by atoms with Gasteiger partial charge in [-0.2, -0.15) is 0 Å². The molecule has 0 atom stereocenters. The monoisotopic (exact) mass is 775 g/mol. The number of hydrogen-bond donors (Lipinski definition) is 0. The number of aromatic nitrogens is 3. The smallest absolute Gasteiger partial charge is 0.164 e. The Morgan fingerprint density at radius 1 is 0.339 bits per heavy atom. The Morgan fingerprint density at radius 3 is 1.46 bits per heavy atom. The molecule has 4 heteroatoms. The van der Waals surface area contributed by atoms with Crippen LogP contribution < -0.4 is 5.19 Å². The van der Waals surface area contributed by atoms with Crippen molar-refractivity contribution in [3.05, 3.63) is 193 Å². The van der Waals surface area contributed by atoms with Crippen LogP contribution >= 0.6 is 0 Å². The molecule has 0 amide bonds. The third-order valence-corrected chi connectivity index (χ3v) is 14.1. The highest BCUT2D eigenvalue weighted by Gasteiger charge is 2.35. The molecule has 10 rings (SSSR count). The Hall–Kier alpha value is -6.75. The zero-order valence-electron chi connectivity index (χ0n) is 34.2. The highest BCUT2D eigenvalue weighted by Crippen LogP contribution is 2.49. The molecule has 59 heavy (non-hydrogen) atoms. The van der Waals surface area contributed by atoms with E-state index in [1.54, 1.807) is 0 Å². The van der Waals surface area contributed by atoms with Crippen LogP contribution in [0.2, 0.25) is 19.6 Å². The maximum Gasteiger partial charge on any atom is 0.164 e. The second kappa shape index (κ2) is 14.3. The molecule has 0 fully saturated rings. The second-order valence-electron chi connectivity index (χ2n) is 17.3. The summed E-state index contributed by atoms with van der Waals surface area (Å²) in [5.74, 6) is 1.96. The summed E-state index contributed by atoms with van der Waals surface area (Å²) in [6.07, 6.45) is 0. The molecule has 0 aliphatic heterocycles. The highest BCUT2D eigenvalue weighted by molar-refractivity contribution is 6.90. The molecule has 0 unspecified atom stereocenters. The Bertz CT molecular complexity index is 3070. The molecular formula is C55H45N3Si. The summed E-state index contributed by atoms with van der Waals surface area (Å²) >= 11 is 0. The van der Waals surface area contributed by atoms with Gasteiger partial charge >= 0.3 is 0 Å². The summed E-state index contributed by atoms with van der Waals surface area (Å²) in [5, 5.41) is 3.87. The molecule has 9 aromatic rings. The standard InChI is InChI=1S/C55H45N3Si/c1-55(2)49-27-12-11-25-45(49)48-35-41(28-30-50(48)55)40-21-15-23-43(34-40)53-56-52(57-54(58-53)47-29-31-51(59(3,4)5)46-26-10-9-24-44(46)47)42-22-14-20-39(33-42)38-19-13-18-37(32-38)36-16-7-6-8-17-36/h6-35H,1-5H3. The largest absolute Gasteiger partial charge is 0.208 e. The highest BCUT2D eigenvalue weighted by atomic mass is 28.3. The van der Waals surface area contributed by atoms with Crippen LogP contribution in [0.1, 0.15) is 25.0 Å². The van der Waals surface area contributed by atoms with E-state index in [0.717, 1.165) is 38.8 Å². The quantitative estimate of drug-likeness (QED) is 0.151. The van der Waals surface area contributed by atoms with Crippen molar-refractivity contribution in [2.75, 3.05) is 0 Å². The average molecular weight is 776 g/mol. The van der Waals surface area contributed by atoms with Gasteiger partial charge in [0, 0.05) is 22.1 Å². The normalized spacial score (nSPS) is 13.0. The van der Waals surface area contributed by atoms with Crippen LogP contribution in [0.5, 0.6) is 0 Å². The van der Waals surface area contributed by atoms with Crippen molar-refractivity contribution in [1.82, 2.24) is 15.0 Å². The first-order valence-corrected chi connectivity index (χ1v) is 24.0. The lowest BCUT2D eigenvalue weighted by atomic mass is 9.82. The molecule has 0 N–H and O–H groups in total. The average Bonchev–Trinajstić information content (AvgIpc) is 3.51. The van der Waals surface area contributed by atoms with Crippen molar-refractivity contribution in [2.24, 2.45) is 0 Å². The van der Waals surface area contributed by atoms with Gasteiger partial charge in [-0.05, 0) is 90.7 Å². The predicted molar refractivity (Wildman–Crippen MR) is 250 cm³/mol. The Balaban J connectivity index is 1.12. The van der Waals surface area contributed by atoms with E-state index in [4.69, 9.17) is 15.0 Å². The topological polar surface area (TPSA) is 38.7 Å². The van der Waals surface area contributed by atoms with E-state index in [1.807, 2.05) is 0 Å². The van der Waals surface area contributed by atoms with Crippen molar-refractivity contribution in [1.29, 1.82) is 0 Å². The van der Waals surface area contributed by atoms with Crippen LogP contribution in [0.3, 0.4) is 0 Å². The van der Waals surface area contributed by atoms with Crippen molar-refractivity contribution in [3.8, 4) is 78.7 Å². The van der Waals surface area contributed by atoms with Gasteiger partial charge in [-0.1, -0.05) is 196 Å². The fourth-order valence-electron chi connectivity index (χ4n) is 8.99. The van der Waals surface area contributed by atoms with Gasteiger partial charge in [0.1, 0.15) is 0 Å². The number of hydrogen-bond acceptors (Lipinski definition) is 3. The molecule has 1 heterocycles. The van der Waals surface area contributed by atoms with Crippen molar-refractivity contribution < 1.29 is 0 Å². The van der Waals surface area contributed by atoms with Crippen LogP contribution in [-0.4, -0.2) is 23.0 Å². The second-order valence-corrected chi connectivity index (χ2v) is 22.3. The molecule has 1 aliphatic rings. The molecular weight excluding hydrogens is 731 g/mol. The summed E-state index contributed by atoms with van der Waals surface area (Å²) in [6, 6.07) is 65.5. The van der Waals surface area contributed by atoms with Gasteiger partial charge < -0.3 is 0 Å². The van der Waals surface area contributed by atoms with Gasteiger partial charge in [0.15, 0.2) is 17.5 Å². The minimum atomic E-state index is -1.64. The van der Waals surface area contributed by atoms with Crippen LogP contribution in [0.4, 0.5) is 0 Å². The molecule has 1 aliphatic carbocycles. The van der Waals surface area contributed by atoms with Crippen molar-refractivity contribution >= 4 is 24.0 Å². The van der Waals surface area contributed by atoms with E-state index < -0.39 is 8.07 Å². The molecule has 0 radical (unpaired) electrons. The first-order valence-electron chi connectivity index (χ1n) is 20.5. The lowest BCUT2D eigenvalue weighted by Crippen LogP contribution is -2.38. The summed E-state index contributed by atoms with van der Waals surface area (Å²) in [5.41, 5.74) is 15.2. The Morgan fingerprint density at radius 2 is 0.814 bits per heavy atom. The third-order valence-electron chi connectivity index (χ3n) is 12.1. The van der Waals surface area contributed by atoms with Gasteiger partial charge in [0.25, 0.3) is 0 Å². The van der Waals surface area contributed by atoms with E-state index in [9.17, 15) is 0 Å². The van der Waals surface area contributed by atoms with E-state index in [0.29, 0.717) is 17.5 Å². The fraction of sp³-hybridized carbons (Fsp3) is 0.109. The molecule has 1 aromatic heterocycles. The minimum Gasteiger partial charge on any atom is -0.208 e. The van der Waals surface area contributed by atoms with E-state index in [-0.39, 0.29) is 5.41 Å². The maximum absolute atomic E-state index is 5.30. The SMILES string of the molecule is CC1(C)c2ccccc2-c2cc(-c3cccc(-c4nc(-c5cccc(-c6cccc(-c7ccccc7)c6)c5)nc(-c5ccc([Si](C)(C)C)c6ccccc56)n4)c3)ccc21. The Labute approximate surface area is 348 Å².